The molecule has 0 aliphatic heterocycles. The van der Waals surface area contributed by atoms with Gasteiger partial charge in [-0.25, -0.2) is 13.6 Å². The molecule has 2 aromatic carbocycles. The lowest BCUT2D eigenvalue weighted by atomic mass is 10.2. The van der Waals surface area contributed by atoms with Crippen LogP contribution < -0.4 is 15.2 Å². The normalized spacial score (nSPS) is 11.1. The molecule has 0 spiro atoms. The van der Waals surface area contributed by atoms with Gasteiger partial charge in [-0.3, -0.25) is 4.79 Å². The van der Waals surface area contributed by atoms with Crippen LogP contribution >= 0.6 is 15.9 Å². The Kier molecular flexibility index (Phi) is 5.98. The van der Waals surface area contributed by atoms with E-state index in [0.29, 0.717) is 28.1 Å². The molecule has 0 radical (unpaired) electrons. The van der Waals surface area contributed by atoms with Gasteiger partial charge in [0.25, 0.3) is 5.91 Å². The summed E-state index contributed by atoms with van der Waals surface area (Å²) in [5.74, 6) is 0.354. The van der Waals surface area contributed by atoms with E-state index in [9.17, 15) is 13.2 Å². The quantitative estimate of drug-likeness (QED) is 0.760. The van der Waals surface area contributed by atoms with E-state index in [4.69, 9.17) is 9.88 Å². The predicted octanol–water partition coefficient (Wildman–Crippen LogP) is 3.14. The minimum atomic E-state index is -3.75. The Morgan fingerprint density at radius 2 is 1.88 bits per heavy atom. The van der Waals surface area contributed by atoms with Crippen molar-refractivity contribution in [3.63, 3.8) is 0 Å². The first-order valence-electron chi connectivity index (χ1n) is 7.18. The van der Waals surface area contributed by atoms with E-state index in [1.54, 1.807) is 18.2 Å². The lowest BCUT2D eigenvalue weighted by Crippen LogP contribution is -2.14. The molecule has 0 aliphatic rings. The molecule has 6 nitrogen and oxygen atoms in total. The molecule has 0 fully saturated rings. The Bertz CT molecular complexity index is 836. The Hall–Kier alpha value is -1.90. The second kappa shape index (κ2) is 7.78. The van der Waals surface area contributed by atoms with Gasteiger partial charge in [0.2, 0.25) is 10.0 Å². The number of anilines is 1. The van der Waals surface area contributed by atoms with E-state index in [2.05, 4.69) is 21.2 Å². The summed E-state index contributed by atoms with van der Waals surface area (Å²) in [6, 6.07) is 10.7. The molecule has 0 aromatic heterocycles. The molecule has 0 atom stereocenters. The summed E-state index contributed by atoms with van der Waals surface area (Å²) in [5, 5.41) is 7.72. The third-order valence-electron chi connectivity index (χ3n) is 3.10. The number of rotatable bonds is 6. The number of nitrogens with two attached hydrogens (primary N) is 1. The third-order valence-corrected chi connectivity index (χ3v) is 4.65. The maximum Gasteiger partial charge on any atom is 0.255 e. The lowest BCUT2D eigenvalue weighted by molar-refractivity contribution is 0.102. The Morgan fingerprint density at radius 3 is 2.42 bits per heavy atom. The number of ether oxygens (including phenoxy) is 1. The summed E-state index contributed by atoms with van der Waals surface area (Å²) in [6.07, 6.45) is 0.892. The molecule has 3 N–H and O–H groups in total. The van der Waals surface area contributed by atoms with E-state index in [0.717, 1.165) is 6.42 Å². The molecule has 0 unspecified atom stereocenters. The van der Waals surface area contributed by atoms with E-state index in [-0.39, 0.29) is 10.8 Å². The Morgan fingerprint density at radius 1 is 1.21 bits per heavy atom. The topological polar surface area (TPSA) is 98.5 Å². The zero-order chi connectivity index (χ0) is 17.7. The highest BCUT2D eigenvalue weighted by Gasteiger charge is 2.11. The molecule has 24 heavy (non-hydrogen) atoms. The first kappa shape index (κ1) is 18.4. The first-order chi connectivity index (χ1) is 11.3. The number of benzene rings is 2. The van der Waals surface area contributed by atoms with Crippen molar-refractivity contribution in [1.82, 2.24) is 0 Å². The summed E-state index contributed by atoms with van der Waals surface area (Å²) in [5.41, 5.74) is 0.913. The van der Waals surface area contributed by atoms with Gasteiger partial charge in [0.1, 0.15) is 5.75 Å². The molecule has 0 aliphatic carbocycles. The molecule has 128 valence electrons. The Balaban J connectivity index is 2.11. The van der Waals surface area contributed by atoms with Gasteiger partial charge in [0, 0.05) is 11.3 Å². The lowest BCUT2D eigenvalue weighted by Gasteiger charge is -2.10. The summed E-state index contributed by atoms with van der Waals surface area (Å²) in [7, 11) is -3.75. The molecule has 0 heterocycles. The van der Waals surface area contributed by atoms with Crippen LogP contribution in [-0.2, 0) is 10.0 Å². The number of carbonyl (C=O) groups excluding carboxylic acids is 1. The van der Waals surface area contributed by atoms with Gasteiger partial charge in [-0.2, -0.15) is 0 Å². The standard InChI is InChI=1S/C16H17BrN2O4S/c1-2-9-23-15-8-3-11(10-14(15)17)16(20)19-12-4-6-13(7-5-12)24(18,21)22/h3-8,10H,2,9H2,1H3,(H,19,20)(H2,18,21,22). The number of hydrogen-bond acceptors (Lipinski definition) is 4. The van der Waals surface area contributed by atoms with Gasteiger partial charge in [-0.15, -0.1) is 0 Å². The smallest absolute Gasteiger partial charge is 0.255 e. The fourth-order valence-electron chi connectivity index (χ4n) is 1.90. The van der Waals surface area contributed by atoms with Gasteiger partial charge in [-0.1, -0.05) is 6.92 Å². The molecular formula is C16H17BrN2O4S. The largest absolute Gasteiger partial charge is 0.492 e. The zero-order valence-electron chi connectivity index (χ0n) is 13.0. The van der Waals surface area contributed by atoms with Crippen molar-refractivity contribution in [2.45, 2.75) is 18.2 Å². The fourth-order valence-corrected chi connectivity index (χ4v) is 2.91. The molecule has 2 aromatic rings. The number of nitrogens with one attached hydrogen (secondary N) is 1. The van der Waals surface area contributed by atoms with Gasteiger partial charge < -0.3 is 10.1 Å². The molecular weight excluding hydrogens is 396 g/mol. The van der Waals surface area contributed by atoms with E-state index < -0.39 is 10.0 Å². The molecule has 0 saturated heterocycles. The van der Waals surface area contributed by atoms with Crippen molar-refractivity contribution < 1.29 is 17.9 Å². The summed E-state index contributed by atoms with van der Waals surface area (Å²) >= 11 is 3.38. The minimum Gasteiger partial charge on any atom is -0.492 e. The fraction of sp³-hybridized carbons (Fsp3) is 0.188. The van der Waals surface area contributed by atoms with Crippen molar-refractivity contribution >= 4 is 37.5 Å². The number of halogens is 1. The van der Waals surface area contributed by atoms with Gasteiger partial charge in [0.05, 0.1) is 16.0 Å². The molecule has 0 saturated carbocycles. The number of sulfonamides is 1. The highest BCUT2D eigenvalue weighted by atomic mass is 79.9. The average Bonchev–Trinajstić information content (AvgIpc) is 2.53. The molecule has 0 bridgehead atoms. The second-order valence-corrected chi connectivity index (χ2v) is 7.43. The molecule has 2 rings (SSSR count). The van der Waals surface area contributed by atoms with Crippen LogP contribution in [0.15, 0.2) is 51.8 Å². The van der Waals surface area contributed by atoms with E-state index >= 15 is 0 Å². The maximum atomic E-state index is 12.3. The van der Waals surface area contributed by atoms with Gasteiger partial charge in [0.15, 0.2) is 0 Å². The minimum absolute atomic E-state index is 0.0133. The number of primary sulfonamides is 1. The molecule has 1 amide bonds. The van der Waals surface area contributed by atoms with Crippen LogP contribution in [0.4, 0.5) is 5.69 Å². The zero-order valence-corrected chi connectivity index (χ0v) is 15.4. The van der Waals surface area contributed by atoms with Gasteiger partial charge in [-0.05, 0) is 64.8 Å². The predicted molar refractivity (Wildman–Crippen MR) is 95.7 cm³/mol. The van der Waals surface area contributed by atoms with Crippen molar-refractivity contribution in [3.8, 4) is 5.75 Å². The highest BCUT2D eigenvalue weighted by molar-refractivity contribution is 9.10. The van der Waals surface area contributed by atoms with E-state index in [1.807, 2.05) is 6.92 Å². The van der Waals surface area contributed by atoms with Crippen molar-refractivity contribution in [1.29, 1.82) is 0 Å². The summed E-state index contributed by atoms with van der Waals surface area (Å²) < 4.78 is 28.6. The Labute approximate surface area is 149 Å². The summed E-state index contributed by atoms with van der Waals surface area (Å²) in [4.78, 5) is 12.2. The van der Waals surface area contributed by atoms with Gasteiger partial charge >= 0.3 is 0 Å². The summed E-state index contributed by atoms with van der Waals surface area (Å²) in [6.45, 7) is 2.61. The van der Waals surface area contributed by atoms with Crippen LogP contribution in [0.1, 0.15) is 23.7 Å². The number of amides is 1. The van der Waals surface area contributed by atoms with Crippen molar-refractivity contribution in [2.75, 3.05) is 11.9 Å². The molecule has 8 heteroatoms. The number of hydrogen-bond donors (Lipinski definition) is 2. The maximum absolute atomic E-state index is 12.3. The van der Waals surface area contributed by atoms with Crippen LogP contribution in [0, 0.1) is 0 Å². The monoisotopic (exact) mass is 412 g/mol. The van der Waals surface area contributed by atoms with Crippen LogP contribution in [0.5, 0.6) is 5.75 Å². The highest BCUT2D eigenvalue weighted by Crippen LogP contribution is 2.26. The van der Waals surface area contributed by atoms with Crippen molar-refractivity contribution in [2.24, 2.45) is 5.14 Å². The van der Waals surface area contributed by atoms with Crippen molar-refractivity contribution in [3.05, 3.63) is 52.5 Å². The second-order valence-electron chi connectivity index (χ2n) is 5.02. The van der Waals surface area contributed by atoms with Crippen LogP contribution in [-0.4, -0.2) is 20.9 Å². The SMILES string of the molecule is CCCOc1ccc(C(=O)Nc2ccc(S(N)(=O)=O)cc2)cc1Br. The average molecular weight is 413 g/mol. The van der Waals surface area contributed by atoms with Crippen LogP contribution in [0.2, 0.25) is 0 Å². The van der Waals surface area contributed by atoms with Crippen LogP contribution in [0.25, 0.3) is 0 Å². The van der Waals surface area contributed by atoms with E-state index in [1.165, 1.54) is 24.3 Å². The third kappa shape index (κ3) is 4.80. The first-order valence-corrected chi connectivity index (χ1v) is 9.51. The number of carbonyl (C=O) groups is 1. The van der Waals surface area contributed by atoms with Crippen LogP contribution in [0.3, 0.4) is 0 Å².